The fourth-order valence-corrected chi connectivity index (χ4v) is 2.16. The third-order valence-electron chi connectivity index (χ3n) is 1.85. The van der Waals surface area contributed by atoms with Crippen LogP contribution in [0.15, 0.2) is 26.7 Å². The van der Waals surface area contributed by atoms with Crippen LogP contribution in [0.1, 0.15) is 12.7 Å². The van der Waals surface area contributed by atoms with E-state index < -0.39 is 12.0 Å². The molecule has 0 saturated carbocycles. The molecule has 0 atom stereocenters. The van der Waals surface area contributed by atoms with E-state index in [4.69, 9.17) is 28.5 Å². The quantitative estimate of drug-likeness (QED) is 0.469. The van der Waals surface area contributed by atoms with E-state index in [0.717, 1.165) is 4.57 Å². The van der Waals surface area contributed by atoms with Gasteiger partial charge in [-0.05, 0) is 18.7 Å². The Hall–Kier alpha value is -1.17. The Labute approximate surface area is 126 Å². The number of thioether (sulfide) groups is 1. The van der Waals surface area contributed by atoms with Crippen molar-refractivity contribution in [3.8, 4) is 6.07 Å². The lowest BCUT2D eigenvalue weighted by molar-refractivity contribution is -0.147. The second-order valence-electron chi connectivity index (χ2n) is 3.65. The number of aromatic nitrogens is 3. The van der Waals surface area contributed by atoms with Crippen LogP contribution in [-0.4, -0.2) is 14.8 Å². The van der Waals surface area contributed by atoms with Gasteiger partial charge in [0.2, 0.25) is 5.82 Å². The molecule has 108 valence electrons. The van der Waals surface area contributed by atoms with Crippen LogP contribution in [0.2, 0.25) is 0 Å². The number of nitriles is 1. The minimum atomic E-state index is -4.66. The van der Waals surface area contributed by atoms with E-state index in [-0.39, 0.29) is 21.1 Å². The first-order valence-electron chi connectivity index (χ1n) is 4.94. The lowest BCUT2D eigenvalue weighted by Crippen LogP contribution is -2.16. The van der Waals surface area contributed by atoms with Crippen LogP contribution >= 0.6 is 35.0 Å². The minimum absolute atomic E-state index is 0.126. The van der Waals surface area contributed by atoms with Gasteiger partial charge in [-0.3, -0.25) is 4.57 Å². The summed E-state index contributed by atoms with van der Waals surface area (Å²) >= 11 is 11.8. The highest BCUT2D eigenvalue weighted by molar-refractivity contribution is 8.04. The van der Waals surface area contributed by atoms with Crippen LogP contribution in [0.4, 0.5) is 13.2 Å². The van der Waals surface area contributed by atoms with Crippen molar-refractivity contribution in [2.45, 2.75) is 24.8 Å². The molecule has 1 heterocycles. The Morgan fingerprint density at radius 1 is 1.45 bits per heavy atom. The zero-order chi connectivity index (χ0) is 15.5. The summed E-state index contributed by atoms with van der Waals surface area (Å²) < 4.78 is 39.0. The van der Waals surface area contributed by atoms with Crippen molar-refractivity contribution in [3.63, 3.8) is 0 Å². The highest BCUT2D eigenvalue weighted by atomic mass is 35.5. The summed E-state index contributed by atoms with van der Waals surface area (Å²) in [7, 11) is 0. The molecule has 0 saturated heterocycles. The van der Waals surface area contributed by atoms with Gasteiger partial charge < -0.3 is 0 Å². The van der Waals surface area contributed by atoms with Gasteiger partial charge in [-0.15, -0.1) is 10.2 Å². The molecule has 0 fully saturated rings. The molecule has 0 aliphatic rings. The normalized spacial score (nSPS) is 12.8. The van der Waals surface area contributed by atoms with Gasteiger partial charge >= 0.3 is 6.18 Å². The highest BCUT2D eigenvalue weighted by Gasteiger charge is 2.38. The summed E-state index contributed by atoms with van der Waals surface area (Å²) in [6, 6.07) is 1.58. The summed E-state index contributed by atoms with van der Waals surface area (Å²) in [6.07, 6.45) is -4.66. The van der Waals surface area contributed by atoms with Crippen molar-refractivity contribution < 1.29 is 13.2 Å². The van der Waals surface area contributed by atoms with Crippen molar-refractivity contribution in [1.82, 2.24) is 14.8 Å². The minimum Gasteiger partial charge on any atom is -0.294 e. The smallest absolute Gasteiger partial charge is 0.294 e. The van der Waals surface area contributed by atoms with Gasteiger partial charge in [0.05, 0.1) is 0 Å². The number of rotatable bonds is 4. The molecule has 1 rings (SSSR count). The largest absolute Gasteiger partial charge is 0.451 e. The maximum absolute atomic E-state index is 12.8. The van der Waals surface area contributed by atoms with E-state index in [1.165, 1.54) is 0 Å². The Morgan fingerprint density at radius 3 is 2.50 bits per heavy atom. The molecule has 0 unspecified atom stereocenters. The van der Waals surface area contributed by atoms with Gasteiger partial charge in [-0.25, -0.2) is 0 Å². The van der Waals surface area contributed by atoms with Gasteiger partial charge in [-0.2, -0.15) is 18.4 Å². The summed E-state index contributed by atoms with van der Waals surface area (Å²) in [5.41, 5.74) is 0.476. The molecular formula is C10H7Cl2F3N4S. The first-order chi connectivity index (χ1) is 9.16. The van der Waals surface area contributed by atoms with Gasteiger partial charge in [0.1, 0.15) is 15.5 Å². The summed E-state index contributed by atoms with van der Waals surface area (Å²) in [6.45, 7) is 4.99. The van der Waals surface area contributed by atoms with Crippen molar-refractivity contribution in [3.05, 3.63) is 27.4 Å². The average Bonchev–Trinajstić information content (AvgIpc) is 2.70. The van der Waals surface area contributed by atoms with Gasteiger partial charge in [0.25, 0.3) is 0 Å². The zero-order valence-electron chi connectivity index (χ0n) is 10.0. The van der Waals surface area contributed by atoms with Crippen molar-refractivity contribution in [2.24, 2.45) is 0 Å². The first kappa shape index (κ1) is 16.9. The molecule has 0 bridgehead atoms. The van der Waals surface area contributed by atoms with Crippen molar-refractivity contribution in [1.29, 1.82) is 5.26 Å². The SMILES string of the molecule is C=C(C)Cn1c(SC(Cl)=C(Cl)C#N)nnc1C(F)(F)F. The van der Waals surface area contributed by atoms with E-state index in [1.807, 2.05) is 0 Å². The van der Waals surface area contributed by atoms with E-state index in [2.05, 4.69) is 16.8 Å². The summed E-state index contributed by atoms with van der Waals surface area (Å²) in [5.74, 6) is -1.17. The summed E-state index contributed by atoms with van der Waals surface area (Å²) in [5, 5.41) is 14.6. The standard InChI is InChI=1S/C10H7Cl2F3N4S/c1-5(2)4-19-8(10(13,14)15)17-18-9(19)20-7(12)6(11)3-16/h1,4H2,2H3. The molecule has 0 aliphatic heterocycles. The molecule has 0 aromatic carbocycles. The Bertz CT molecular complexity index is 601. The predicted molar refractivity (Wildman–Crippen MR) is 70.0 cm³/mol. The molecule has 4 nitrogen and oxygen atoms in total. The zero-order valence-corrected chi connectivity index (χ0v) is 12.3. The molecule has 1 aromatic rings. The number of hydrogen-bond acceptors (Lipinski definition) is 4. The van der Waals surface area contributed by atoms with E-state index >= 15 is 0 Å². The Kier molecular flexibility index (Phi) is 5.50. The second-order valence-corrected chi connectivity index (χ2v) is 5.61. The molecule has 10 heteroatoms. The third kappa shape index (κ3) is 4.16. The Morgan fingerprint density at radius 2 is 2.05 bits per heavy atom. The monoisotopic (exact) mass is 342 g/mol. The first-order valence-corrected chi connectivity index (χ1v) is 6.52. The molecule has 0 radical (unpaired) electrons. The topological polar surface area (TPSA) is 54.5 Å². The highest BCUT2D eigenvalue weighted by Crippen LogP contribution is 2.36. The number of alkyl halides is 3. The third-order valence-corrected chi connectivity index (χ3v) is 3.62. The maximum Gasteiger partial charge on any atom is 0.451 e. The Balaban J connectivity index is 3.25. The van der Waals surface area contributed by atoms with Crippen molar-refractivity contribution in [2.75, 3.05) is 0 Å². The fraction of sp³-hybridized carbons (Fsp3) is 0.300. The molecule has 0 aliphatic carbocycles. The van der Waals surface area contributed by atoms with Crippen LogP contribution < -0.4 is 0 Å². The van der Waals surface area contributed by atoms with Crippen LogP contribution in [0.3, 0.4) is 0 Å². The maximum atomic E-state index is 12.8. The van der Waals surface area contributed by atoms with Crippen LogP contribution in [0, 0.1) is 11.3 Å². The average molecular weight is 343 g/mol. The van der Waals surface area contributed by atoms with E-state index in [1.54, 1.807) is 13.0 Å². The van der Waals surface area contributed by atoms with Crippen LogP contribution in [0.5, 0.6) is 0 Å². The molecule has 0 amide bonds. The molecular weight excluding hydrogens is 336 g/mol. The van der Waals surface area contributed by atoms with Gasteiger partial charge in [0, 0.05) is 6.54 Å². The van der Waals surface area contributed by atoms with Gasteiger partial charge in [-0.1, -0.05) is 35.4 Å². The lowest BCUT2D eigenvalue weighted by atomic mass is 10.3. The molecule has 20 heavy (non-hydrogen) atoms. The molecule has 0 N–H and O–H groups in total. The van der Waals surface area contributed by atoms with Crippen LogP contribution in [-0.2, 0) is 12.7 Å². The van der Waals surface area contributed by atoms with E-state index in [0.29, 0.717) is 17.3 Å². The lowest BCUT2D eigenvalue weighted by Gasteiger charge is -2.11. The number of nitrogens with zero attached hydrogens (tertiary/aromatic N) is 4. The second kappa shape index (κ2) is 6.52. The molecule has 1 aromatic heterocycles. The van der Waals surface area contributed by atoms with Gasteiger partial charge in [0.15, 0.2) is 5.16 Å². The van der Waals surface area contributed by atoms with Crippen molar-refractivity contribution >= 4 is 35.0 Å². The van der Waals surface area contributed by atoms with Crippen LogP contribution in [0.25, 0.3) is 0 Å². The fourth-order valence-electron chi connectivity index (χ4n) is 1.16. The predicted octanol–water partition coefficient (Wildman–Crippen LogP) is 4.14. The molecule has 0 spiro atoms. The number of halogens is 5. The van der Waals surface area contributed by atoms with E-state index in [9.17, 15) is 13.2 Å². The summed E-state index contributed by atoms with van der Waals surface area (Å²) in [4.78, 5) is 0. The number of allylic oxidation sites excluding steroid dienone is 2. The number of hydrogen-bond donors (Lipinski definition) is 0.